The number of benzene rings is 1. The number of aromatic hydroxyl groups is 2. The second-order valence-electron chi connectivity index (χ2n) is 6.91. The van der Waals surface area contributed by atoms with Crippen molar-refractivity contribution in [1.82, 2.24) is 0 Å². The SMILES string of the molecule is C[C@H]1CC2CC2CC/C=C/C(=O)Cc2c(Cl)c(O)cc(O)c2C(=O)O1. The lowest BCUT2D eigenvalue weighted by molar-refractivity contribution is -0.114. The Bertz CT molecular complexity index is 740. The number of phenols is 2. The van der Waals surface area contributed by atoms with Gasteiger partial charge in [0.15, 0.2) is 5.78 Å². The molecule has 1 aromatic carbocycles. The Kier molecular flexibility index (Phi) is 5.04. The van der Waals surface area contributed by atoms with E-state index in [2.05, 4.69) is 0 Å². The molecular formula is C19H21ClO5. The molecule has 25 heavy (non-hydrogen) atoms. The Morgan fingerprint density at radius 1 is 1.16 bits per heavy atom. The highest BCUT2D eigenvalue weighted by Crippen LogP contribution is 2.46. The Morgan fingerprint density at radius 3 is 2.68 bits per heavy atom. The third-order valence-electron chi connectivity index (χ3n) is 4.90. The zero-order valence-corrected chi connectivity index (χ0v) is 14.8. The van der Waals surface area contributed by atoms with Crippen LogP contribution in [-0.4, -0.2) is 28.1 Å². The first kappa shape index (κ1) is 17.8. The molecule has 2 N–H and O–H groups in total. The highest BCUT2D eigenvalue weighted by Gasteiger charge is 2.38. The molecule has 1 aliphatic heterocycles. The van der Waals surface area contributed by atoms with Gasteiger partial charge < -0.3 is 14.9 Å². The number of ether oxygens (including phenoxy) is 1. The number of carbonyl (C=O) groups is 2. The van der Waals surface area contributed by atoms with Crippen molar-refractivity contribution in [2.24, 2.45) is 11.8 Å². The van der Waals surface area contributed by atoms with Crippen LogP contribution in [0.2, 0.25) is 5.02 Å². The maximum absolute atomic E-state index is 12.5. The predicted octanol–water partition coefficient (Wildman–Crippen LogP) is 3.78. The molecule has 0 amide bonds. The van der Waals surface area contributed by atoms with Crippen LogP contribution in [0.5, 0.6) is 11.5 Å². The van der Waals surface area contributed by atoms with Gasteiger partial charge in [0.1, 0.15) is 17.1 Å². The Balaban J connectivity index is 1.98. The van der Waals surface area contributed by atoms with Gasteiger partial charge in [0.25, 0.3) is 0 Å². The van der Waals surface area contributed by atoms with Gasteiger partial charge in [-0.1, -0.05) is 17.7 Å². The molecule has 6 heteroatoms. The number of esters is 1. The molecule has 3 rings (SSSR count). The first-order valence-electron chi connectivity index (χ1n) is 8.50. The normalized spacial score (nSPS) is 28.3. The number of carbonyl (C=O) groups excluding carboxylic acids is 2. The Morgan fingerprint density at radius 2 is 1.92 bits per heavy atom. The van der Waals surface area contributed by atoms with E-state index in [1.807, 2.05) is 13.0 Å². The van der Waals surface area contributed by atoms with Crippen molar-refractivity contribution in [3.63, 3.8) is 0 Å². The van der Waals surface area contributed by atoms with Crippen molar-refractivity contribution in [3.05, 3.63) is 34.4 Å². The van der Waals surface area contributed by atoms with Gasteiger partial charge in [-0.05, 0) is 50.5 Å². The molecule has 0 bridgehead atoms. The number of allylic oxidation sites excluding steroid dienone is 2. The zero-order valence-electron chi connectivity index (χ0n) is 14.0. The van der Waals surface area contributed by atoms with Crippen LogP contribution in [0.1, 0.15) is 48.5 Å². The standard InChI is InChI=1S/C19H21ClO5/c1-10-6-12-7-11(12)4-2-3-5-13(21)8-14-17(19(24)25-10)15(22)9-16(23)18(14)20/h3,5,9-12,22-23H,2,4,6-8H2,1H3/b5-3+/t10-,11?,12?/m0/s1. The minimum Gasteiger partial charge on any atom is -0.507 e. The summed E-state index contributed by atoms with van der Waals surface area (Å²) in [5.74, 6) is -0.645. The van der Waals surface area contributed by atoms with Gasteiger partial charge in [-0.25, -0.2) is 4.79 Å². The van der Waals surface area contributed by atoms with Crippen molar-refractivity contribution in [1.29, 1.82) is 0 Å². The highest BCUT2D eigenvalue weighted by molar-refractivity contribution is 6.33. The molecule has 0 radical (unpaired) electrons. The maximum Gasteiger partial charge on any atom is 0.342 e. The van der Waals surface area contributed by atoms with E-state index in [9.17, 15) is 19.8 Å². The van der Waals surface area contributed by atoms with Crippen molar-refractivity contribution >= 4 is 23.4 Å². The van der Waals surface area contributed by atoms with Crippen molar-refractivity contribution < 1.29 is 24.5 Å². The topological polar surface area (TPSA) is 83.8 Å². The number of cyclic esters (lactones) is 1. The van der Waals surface area contributed by atoms with E-state index >= 15 is 0 Å². The monoisotopic (exact) mass is 364 g/mol. The fourth-order valence-corrected chi connectivity index (χ4v) is 3.72. The van der Waals surface area contributed by atoms with E-state index in [-0.39, 0.29) is 40.2 Å². The smallest absolute Gasteiger partial charge is 0.342 e. The van der Waals surface area contributed by atoms with E-state index in [4.69, 9.17) is 16.3 Å². The summed E-state index contributed by atoms with van der Waals surface area (Å²) in [7, 11) is 0. The largest absolute Gasteiger partial charge is 0.507 e. The number of phenolic OH excluding ortho intramolecular Hbond substituents is 2. The third-order valence-corrected chi connectivity index (χ3v) is 5.32. The molecule has 1 aliphatic carbocycles. The van der Waals surface area contributed by atoms with E-state index in [1.54, 1.807) is 0 Å². The average molecular weight is 365 g/mol. The molecule has 2 aliphatic rings. The second-order valence-corrected chi connectivity index (χ2v) is 7.29. The average Bonchev–Trinajstić information content (AvgIpc) is 3.25. The van der Waals surface area contributed by atoms with Crippen molar-refractivity contribution in [2.75, 3.05) is 0 Å². The summed E-state index contributed by atoms with van der Waals surface area (Å²) in [6.07, 6.45) is 6.56. The molecule has 2 unspecified atom stereocenters. The molecule has 0 spiro atoms. The van der Waals surface area contributed by atoms with E-state index in [0.29, 0.717) is 11.8 Å². The van der Waals surface area contributed by atoms with E-state index in [0.717, 1.165) is 31.7 Å². The fourth-order valence-electron chi connectivity index (χ4n) is 3.50. The summed E-state index contributed by atoms with van der Waals surface area (Å²) < 4.78 is 5.46. The number of fused-ring (bicyclic) bond motifs is 2. The number of halogens is 1. The van der Waals surface area contributed by atoms with Gasteiger partial charge in [-0.2, -0.15) is 0 Å². The third kappa shape index (κ3) is 3.98. The molecule has 1 fully saturated rings. The summed E-state index contributed by atoms with van der Waals surface area (Å²) in [6, 6.07) is 0.994. The van der Waals surface area contributed by atoms with Crippen LogP contribution in [0.4, 0.5) is 0 Å². The number of hydrogen-bond donors (Lipinski definition) is 2. The van der Waals surface area contributed by atoms with Crippen LogP contribution >= 0.6 is 11.6 Å². The number of rotatable bonds is 0. The van der Waals surface area contributed by atoms with E-state index < -0.39 is 11.7 Å². The summed E-state index contributed by atoms with van der Waals surface area (Å²) in [5.41, 5.74) is -0.0619. The summed E-state index contributed by atoms with van der Waals surface area (Å²) in [6.45, 7) is 1.82. The summed E-state index contributed by atoms with van der Waals surface area (Å²) in [5, 5.41) is 19.8. The van der Waals surface area contributed by atoms with Gasteiger partial charge in [-0.15, -0.1) is 0 Å². The lowest BCUT2D eigenvalue weighted by Gasteiger charge is -2.17. The molecule has 5 nitrogen and oxygen atoms in total. The van der Waals surface area contributed by atoms with Gasteiger partial charge in [-0.3, -0.25) is 4.79 Å². The maximum atomic E-state index is 12.5. The molecule has 1 saturated carbocycles. The highest BCUT2D eigenvalue weighted by atomic mass is 35.5. The Hall–Kier alpha value is -2.01. The van der Waals surface area contributed by atoms with Crippen molar-refractivity contribution in [3.8, 4) is 11.5 Å². The van der Waals surface area contributed by atoms with Crippen LogP contribution < -0.4 is 0 Å². The summed E-state index contributed by atoms with van der Waals surface area (Å²) >= 11 is 6.09. The molecule has 1 heterocycles. The molecule has 1 aromatic rings. The minimum atomic E-state index is -0.729. The molecule has 3 atom stereocenters. The quantitative estimate of drug-likeness (QED) is 0.684. The first-order valence-corrected chi connectivity index (χ1v) is 8.88. The fraction of sp³-hybridized carbons (Fsp3) is 0.474. The van der Waals surface area contributed by atoms with Crippen LogP contribution in [-0.2, 0) is 16.0 Å². The van der Waals surface area contributed by atoms with Crippen LogP contribution in [0.25, 0.3) is 0 Å². The first-order chi connectivity index (χ1) is 11.9. The lowest BCUT2D eigenvalue weighted by Crippen LogP contribution is -2.18. The van der Waals surface area contributed by atoms with Gasteiger partial charge >= 0.3 is 5.97 Å². The molecule has 134 valence electrons. The molecule has 0 aromatic heterocycles. The van der Waals surface area contributed by atoms with Gasteiger partial charge in [0.05, 0.1) is 11.1 Å². The van der Waals surface area contributed by atoms with Crippen molar-refractivity contribution in [2.45, 2.75) is 45.1 Å². The van der Waals surface area contributed by atoms with Gasteiger partial charge in [0, 0.05) is 18.1 Å². The van der Waals surface area contributed by atoms with Crippen LogP contribution in [0.15, 0.2) is 18.2 Å². The molecule has 0 saturated heterocycles. The second kappa shape index (κ2) is 7.08. The lowest BCUT2D eigenvalue weighted by atomic mass is 9.99. The summed E-state index contributed by atoms with van der Waals surface area (Å²) in [4.78, 5) is 24.7. The van der Waals surface area contributed by atoms with E-state index in [1.165, 1.54) is 6.08 Å². The zero-order chi connectivity index (χ0) is 18.1. The van der Waals surface area contributed by atoms with Crippen LogP contribution in [0.3, 0.4) is 0 Å². The number of ketones is 1. The minimum absolute atomic E-state index is 0.0902. The van der Waals surface area contributed by atoms with Crippen LogP contribution in [0, 0.1) is 11.8 Å². The predicted molar refractivity (Wildman–Crippen MR) is 93.0 cm³/mol. The number of hydrogen-bond acceptors (Lipinski definition) is 5. The van der Waals surface area contributed by atoms with Gasteiger partial charge in [0.2, 0.25) is 0 Å². The molecular weight excluding hydrogens is 344 g/mol. The Labute approximate surface area is 151 Å².